The third-order valence-electron chi connectivity index (χ3n) is 3.74. The Morgan fingerprint density at radius 3 is 2.59 bits per heavy atom. The Hall–Kier alpha value is -1.30. The second-order valence-corrected chi connectivity index (χ2v) is 6.08. The minimum absolute atomic E-state index is 0.0313. The summed E-state index contributed by atoms with van der Waals surface area (Å²) < 4.78 is 10.4. The van der Waals surface area contributed by atoms with Gasteiger partial charge in [-0.05, 0) is 25.2 Å². The van der Waals surface area contributed by atoms with E-state index in [9.17, 15) is 4.79 Å². The summed E-state index contributed by atoms with van der Waals surface area (Å²) in [6, 6.07) is 0. The average molecular weight is 313 g/mol. The lowest BCUT2D eigenvalue weighted by atomic mass is 9.97. The Balaban J connectivity index is 2.21. The third kappa shape index (κ3) is 6.64. The maximum Gasteiger partial charge on any atom is 0.308 e. The molecule has 0 bridgehead atoms. The first-order chi connectivity index (χ1) is 10.6. The van der Waals surface area contributed by atoms with Crippen LogP contribution in [0.4, 0.5) is 0 Å². The van der Waals surface area contributed by atoms with Crippen LogP contribution in [-0.4, -0.2) is 63.8 Å². The van der Waals surface area contributed by atoms with Gasteiger partial charge >= 0.3 is 5.97 Å². The largest absolute Gasteiger partial charge is 0.469 e. The van der Waals surface area contributed by atoms with Crippen molar-refractivity contribution in [1.82, 2.24) is 10.2 Å². The zero-order valence-corrected chi connectivity index (χ0v) is 14.4. The van der Waals surface area contributed by atoms with Crippen molar-refractivity contribution in [3.8, 4) is 0 Å². The molecule has 0 spiro atoms. The summed E-state index contributed by atoms with van der Waals surface area (Å²) in [5.74, 6) is 1.43. The Kier molecular flexibility index (Phi) is 8.89. The number of rotatable bonds is 7. The second kappa shape index (κ2) is 10.4. The number of hydrogen-bond acceptors (Lipinski definition) is 4. The molecule has 1 fully saturated rings. The van der Waals surface area contributed by atoms with E-state index >= 15 is 0 Å². The Morgan fingerprint density at radius 1 is 1.36 bits per heavy atom. The lowest BCUT2D eigenvalue weighted by molar-refractivity contribution is -0.146. The van der Waals surface area contributed by atoms with Crippen molar-refractivity contribution in [3.05, 3.63) is 0 Å². The molecule has 6 nitrogen and oxygen atoms in total. The summed E-state index contributed by atoms with van der Waals surface area (Å²) in [5, 5.41) is 3.37. The van der Waals surface area contributed by atoms with Gasteiger partial charge in [0, 0.05) is 39.9 Å². The van der Waals surface area contributed by atoms with Crippen LogP contribution in [-0.2, 0) is 14.3 Å². The molecule has 0 aromatic heterocycles. The van der Waals surface area contributed by atoms with Crippen molar-refractivity contribution in [2.75, 3.05) is 47.0 Å². The van der Waals surface area contributed by atoms with E-state index in [1.165, 1.54) is 7.11 Å². The van der Waals surface area contributed by atoms with Gasteiger partial charge in [0.05, 0.1) is 13.0 Å². The van der Waals surface area contributed by atoms with Gasteiger partial charge in [-0.15, -0.1) is 0 Å². The zero-order valence-electron chi connectivity index (χ0n) is 14.4. The number of likely N-dealkylation sites (tertiary alicyclic amines) is 1. The highest BCUT2D eigenvalue weighted by Crippen LogP contribution is 2.18. The monoisotopic (exact) mass is 313 g/mol. The van der Waals surface area contributed by atoms with Gasteiger partial charge in [0.15, 0.2) is 5.96 Å². The van der Waals surface area contributed by atoms with Crippen molar-refractivity contribution < 1.29 is 14.3 Å². The highest BCUT2D eigenvalue weighted by molar-refractivity contribution is 5.80. The number of carbonyl (C=O) groups is 1. The smallest absolute Gasteiger partial charge is 0.308 e. The summed E-state index contributed by atoms with van der Waals surface area (Å²) in [7, 11) is 3.25. The minimum Gasteiger partial charge on any atom is -0.469 e. The van der Waals surface area contributed by atoms with Gasteiger partial charge in [-0.25, -0.2) is 0 Å². The lowest BCUT2D eigenvalue weighted by Gasteiger charge is -2.33. The van der Waals surface area contributed by atoms with Crippen LogP contribution >= 0.6 is 0 Å². The molecule has 0 unspecified atom stereocenters. The van der Waals surface area contributed by atoms with Crippen LogP contribution in [0.25, 0.3) is 0 Å². The number of nitrogens with zero attached hydrogens (tertiary/aromatic N) is 2. The SMILES string of the molecule is CN=C(NCCCOCC(C)C)N1CCC(C(=O)OC)CC1. The normalized spacial score (nSPS) is 17.0. The van der Waals surface area contributed by atoms with Gasteiger partial charge in [0.2, 0.25) is 0 Å². The Bertz CT molecular complexity index is 351. The predicted octanol–water partition coefficient (Wildman–Crippen LogP) is 1.51. The number of esters is 1. The van der Waals surface area contributed by atoms with E-state index in [0.717, 1.165) is 58.1 Å². The fraction of sp³-hybridized carbons (Fsp3) is 0.875. The first-order valence-corrected chi connectivity index (χ1v) is 8.19. The number of carbonyl (C=O) groups excluding carboxylic acids is 1. The molecular formula is C16H31N3O3. The fourth-order valence-corrected chi connectivity index (χ4v) is 2.52. The standard InChI is InChI=1S/C16H31N3O3/c1-13(2)12-22-11-5-8-18-16(17-3)19-9-6-14(7-10-19)15(20)21-4/h13-14H,5-12H2,1-4H3,(H,17,18). The summed E-state index contributed by atoms with van der Waals surface area (Å²) in [4.78, 5) is 18.1. The van der Waals surface area contributed by atoms with Crippen molar-refractivity contribution in [2.45, 2.75) is 33.1 Å². The molecule has 1 N–H and O–H groups in total. The quantitative estimate of drug-likeness (QED) is 0.334. The molecule has 0 aliphatic carbocycles. The highest BCUT2D eigenvalue weighted by atomic mass is 16.5. The number of nitrogens with one attached hydrogen (secondary N) is 1. The number of guanidine groups is 1. The fourth-order valence-electron chi connectivity index (χ4n) is 2.52. The van der Waals surface area contributed by atoms with E-state index in [2.05, 4.69) is 29.1 Å². The molecule has 0 amide bonds. The van der Waals surface area contributed by atoms with Crippen LogP contribution in [0.5, 0.6) is 0 Å². The van der Waals surface area contributed by atoms with Gasteiger partial charge in [0.1, 0.15) is 0 Å². The van der Waals surface area contributed by atoms with E-state index < -0.39 is 0 Å². The van der Waals surface area contributed by atoms with Crippen LogP contribution in [0.15, 0.2) is 4.99 Å². The van der Waals surface area contributed by atoms with Crippen LogP contribution in [0.2, 0.25) is 0 Å². The lowest BCUT2D eigenvalue weighted by Crippen LogP contribution is -2.47. The molecule has 0 aromatic carbocycles. The number of methoxy groups -OCH3 is 1. The van der Waals surface area contributed by atoms with Crippen molar-refractivity contribution >= 4 is 11.9 Å². The van der Waals surface area contributed by atoms with Crippen molar-refractivity contribution in [3.63, 3.8) is 0 Å². The van der Waals surface area contributed by atoms with Gasteiger partial charge < -0.3 is 19.7 Å². The van der Waals surface area contributed by atoms with Gasteiger partial charge in [-0.1, -0.05) is 13.8 Å². The number of ether oxygens (including phenoxy) is 2. The van der Waals surface area contributed by atoms with E-state index in [1.54, 1.807) is 7.05 Å². The van der Waals surface area contributed by atoms with Gasteiger partial charge in [-0.3, -0.25) is 9.79 Å². The summed E-state index contributed by atoms with van der Waals surface area (Å²) >= 11 is 0. The summed E-state index contributed by atoms with van der Waals surface area (Å²) in [6.45, 7) is 8.41. The van der Waals surface area contributed by atoms with E-state index in [4.69, 9.17) is 9.47 Å². The Morgan fingerprint density at radius 2 is 2.05 bits per heavy atom. The van der Waals surface area contributed by atoms with E-state index in [-0.39, 0.29) is 11.9 Å². The molecule has 128 valence electrons. The minimum atomic E-state index is -0.0927. The van der Waals surface area contributed by atoms with Crippen LogP contribution in [0.3, 0.4) is 0 Å². The second-order valence-electron chi connectivity index (χ2n) is 6.08. The Labute approximate surface area is 134 Å². The molecule has 1 aliphatic rings. The maximum absolute atomic E-state index is 11.5. The number of piperidine rings is 1. The first-order valence-electron chi connectivity index (χ1n) is 8.19. The molecule has 0 atom stereocenters. The van der Waals surface area contributed by atoms with E-state index in [0.29, 0.717) is 5.92 Å². The molecule has 1 rings (SSSR count). The number of hydrogen-bond donors (Lipinski definition) is 1. The molecule has 22 heavy (non-hydrogen) atoms. The zero-order chi connectivity index (χ0) is 16.4. The molecule has 1 saturated heterocycles. The molecule has 0 saturated carbocycles. The summed E-state index contributed by atoms with van der Waals surface area (Å²) in [5.41, 5.74) is 0. The van der Waals surface area contributed by atoms with Crippen molar-refractivity contribution in [1.29, 1.82) is 0 Å². The molecule has 0 aromatic rings. The van der Waals surface area contributed by atoms with Crippen LogP contribution in [0, 0.1) is 11.8 Å². The van der Waals surface area contributed by atoms with Crippen LogP contribution < -0.4 is 5.32 Å². The van der Waals surface area contributed by atoms with Crippen molar-refractivity contribution in [2.24, 2.45) is 16.8 Å². The third-order valence-corrected chi connectivity index (χ3v) is 3.74. The van der Waals surface area contributed by atoms with E-state index in [1.807, 2.05) is 0 Å². The molecule has 0 radical (unpaired) electrons. The summed E-state index contributed by atoms with van der Waals surface area (Å²) in [6.07, 6.45) is 2.61. The molecule has 1 aliphatic heterocycles. The molecule has 1 heterocycles. The first kappa shape index (κ1) is 18.7. The maximum atomic E-state index is 11.5. The topological polar surface area (TPSA) is 63.2 Å². The van der Waals surface area contributed by atoms with Crippen LogP contribution in [0.1, 0.15) is 33.1 Å². The molecule has 6 heteroatoms. The number of aliphatic imine (C=N–C) groups is 1. The molecular weight excluding hydrogens is 282 g/mol. The average Bonchev–Trinajstić information content (AvgIpc) is 2.53. The predicted molar refractivity (Wildman–Crippen MR) is 87.9 cm³/mol. The highest BCUT2D eigenvalue weighted by Gasteiger charge is 2.26. The van der Waals surface area contributed by atoms with Gasteiger partial charge in [-0.2, -0.15) is 0 Å². The van der Waals surface area contributed by atoms with Gasteiger partial charge in [0.25, 0.3) is 0 Å².